The van der Waals surface area contributed by atoms with Crippen LogP contribution in [0.3, 0.4) is 0 Å². The van der Waals surface area contributed by atoms with E-state index in [4.69, 9.17) is 9.47 Å². The maximum atomic E-state index is 13.2. The molecule has 1 heterocycles. The molecule has 0 spiro atoms. The van der Waals surface area contributed by atoms with E-state index in [9.17, 15) is 9.59 Å². The molecule has 4 rings (SSSR count). The number of imide groups is 1. The lowest BCUT2D eigenvalue weighted by Crippen LogP contribution is -2.33. The Kier molecular flexibility index (Phi) is 3.49. The Morgan fingerprint density at radius 1 is 0.960 bits per heavy atom. The molecule has 2 aliphatic carbocycles. The highest BCUT2D eigenvalue weighted by Gasteiger charge is 2.62. The normalized spacial score (nSPS) is 29.4. The number of ether oxygens (including phenoxy) is 2. The molecular formula is C20H21NO4. The van der Waals surface area contributed by atoms with Crippen molar-refractivity contribution in [2.24, 2.45) is 23.7 Å². The van der Waals surface area contributed by atoms with Crippen molar-refractivity contribution in [3.63, 3.8) is 0 Å². The third-order valence-electron chi connectivity index (χ3n) is 5.62. The number of benzene rings is 1. The first-order valence-corrected chi connectivity index (χ1v) is 8.45. The van der Waals surface area contributed by atoms with Crippen molar-refractivity contribution in [1.82, 2.24) is 0 Å². The minimum atomic E-state index is -0.302. The first-order chi connectivity index (χ1) is 12.0. The molecule has 2 fully saturated rings. The van der Waals surface area contributed by atoms with E-state index in [1.165, 1.54) is 23.2 Å². The topological polar surface area (TPSA) is 55.8 Å². The van der Waals surface area contributed by atoms with Crippen LogP contribution in [0.1, 0.15) is 13.8 Å². The van der Waals surface area contributed by atoms with Gasteiger partial charge in [0.2, 0.25) is 11.8 Å². The molecule has 1 saturated carbocycles. The van der Waals surface area contributed by atoms with Gasteiger partial charge in [0, 0.05) is 17.9 Å². The lowest BCUT2D eigenvalue weighted by molar-refractivity contribution is -0.123. The quantitative estimate of drug-likeness (QED) is 0.627. The summed E-state index contributed by atoms with van der Waals surface area (Å²) >= 11 is 0. The maximum Gasteiger partial charge on any atom is 0.238 e. The zero-order valence-corrected chi connectivity index (χ0v) is 14.8. The van der Waals surface area contributed by atoms with Crippen LogP contribution in [0.25, 0.3) is 0 Å². The van der Waals surface area contributed by atoms with Gasteiger partial charge in [0.1, 0.15) is 11.5 Å². The summed E-state index contributed by atoms with van der Waals surface area (Å²) in [5.41, 5.74) is 2.92. The fraction of sp³-hybridized carbons (Fsp3) is 0.400. The Morgan fingerprint density at radius 2 is 1.56 bits per heavy atom. The maximum absolute atomic E-state index is 13.2. The number of carbonyl (C=O) groups is 2. The predicted octanol–water partition coefficient (Wildman–Crippen LogP) is 2.96. The number of nitrogens with zero attached hydrogens (tertiary/aromatic N) is 1. The summed E-state index contributed by atoms with van der Waals surface area (Å²) in [6, 6.07) is 5.16. The van der Waals surface area contributed by atoms with Gasteiger partial charge in [0.25, 0.3) is 0 Å². The zero-order chi connectivity index (χ0) is 17.9. The molecule has 4 atom stereocenters. The Bertz CT molecular complexity index is 800. The van der Waals surface area contributed by atoms with Crippen LogP contribution >= 0.6 is 0 Å². The number of hydrogen-bond donors (Lipinski definition) is 0. The molecule has 0 unspecified atom stereocenters. The van der Waals surface area contributed by atoms with E-state index in [1.807, 2.05) is 0 Å². The molecule has 1 aliphatic heterocycles. The first kappa shape index (κ1) is 15.9. The molecule has 0 radical (unpaired) electrons. The summed E-state index contributed by atoms with van der Waals surface area (Å²) in [6.07, 6.45) is 4.18. The SMILES string of the molecule is COc1ccc(OC)c(N2C(=O)[C@H]3[C@H](C2=O)[C@@H]2C=C[C@@H]3C2=C(C)C)c1. The van der Waals surface area contributed by atoms with Gasteiger partial charge in [-0.25, -0.2) is 4.90 Å². The molecule has 5 heteroatoms. The van der Waals surface area contributed by atoms with Crippen LogP contribution < -0.4 is 14.4 Å². The standard InChI is InChI=1S/C20H21NO4/c1-10(2)16-12-6-7-13(16)18-17(12)19(22)21(20(18)23)14-9-11(24-3)5-8-15(14)25-4/h5-9,12-13,17-18H,1-4H3/t12-,13-,17-,18-/m1/s1. The first-order valence-electron chi connectivity index (χ1n) is 8.45. The number of rotatable bonds is 3. The largest absolute Gasteiger partial charge is 0.497 e. The Morgan fingerprint density at radius 3 is 2.04 bits per heavy atom. The lowest BCUT2D eigenvalue weighted by atomic mass is 9.85. The van der Waals surface area contributed by atoms with Gasteiger partial charge in [-0.05, 0) is 26.0 Å². The van der Waals surface area contributed by atoms with Crippen LogP contribution in [0.5, 0.6) is 11.5 Å². The third kappa shape index (κ3) is 2.01. The van der Waals surface area contributed by atoms with Crippen LogP contribution in [0.2, 0.25) is 0 Å². The van der Waals surface area contributed by atoms with Crippen molar-refractivity contribution >= 4 is 17.5 Å². The fourth-order valence-corrected chi connectivity index (χ4v) is 4.64. The number of carbonyl (C=O) groups excluding carboxylic acids is 2. The molecule has 0 N–H and O–H groups in total. The fourth-order valence-electron chi connectivity index (χ4n) is 4.64. The minimum Gasteiger partial charge on any atom is -0.497 e. The van der Waals surface area contributed by atoms with Crippen LogP contribution in [-0.2, 0) is 9.59 Å². The highest BCUT2D eigenvalue weighted by atomic mass is 16.5. The monoisotopic (exact) mass is 339 g/mol. The summed E-state index contributed by atoms with van der Waals surface area (Å²) in [5, 5.41) is 0. The van der Waals surface area contributed by atoms with Crippen molar-refractivity contribution in [3.8, 4) is 11.5 Å². The molecule has 5 nitrogen and oxygen atoms in total. The number of amides is 2. The Balaban J connectivity index is 1.79. The molecule has 1 aromatic carbocycles. The van der Waals surface area contributed by atoms with Crippen molar-refractivity contribution in [2.75, 3.05) is 19.1 Å². The highest BCUT2D eigenvalue weighted by Crippen LogP contribution is 2.57. The predicted molar refractivity (Wildman–Crippen MR) is 93.5 cm³/mol. The van der Waals surface area contributed by atoms with Gasteiger partial charge < -0.3 is 9.47 Å². The summed E-state index contributed by atoms with van der Waals surface area (Å²) < 4.78 is 10.6. The molecule has 3 aliphatic rings. The number of allylic oxidation sites excluding steroid dienone is 4. The second-order valence-electron chi connectivity index (χ2n) is 6.99. The van der Waals surface area contributed by atoms with E-state index >= 15 is 0 Å². The van der Waals surface area contributed by atoms with Gasteiger partial charge in [0.05, 0.1) is 31.7 Å². The van der Waals surface area contributed by atoms with E-state index in [0.29, 0.717) is 17.2 Å². The van der Waals surface area contributed by atoms with Gasteiger partial charge in [-0.15, -0.1) is 0 Å². The van der Waals surface area contributed by atoms with Gasteiger partial charge in [0.15, 0.2) is 0 Å². The second-order valence-corrected chi connectivity index (χ2v) is 6.99. The average molecular weight is 339 g/mol. The highest BCUT2D eigenvalue weighted by molar-refractivity contribution is 6.24. The number of anilines is 1. The smallest absolute Gasteiger partial charge is 0.238 e. The number of fused-ring (bicyclic) bond motifs is 5. The van der Waals surface area contributed by atoms with Crippen LogP contribution in [0.4, 0.5) is 5.69 Å². The van der Waals surface area contributed by atoms with E-state index in [2.05, 4.69) is 26.0 Å². The van der Waals surface area contributed by atoms with E-state index in [0.717, 1.165) is 0 Å². The molecule has 2 amide bonds. The van der Waals surface area contributed by atoms with Crippen molar-refractivity contribution in [2.45, 2.75) is 13.8 Å². The summed E-state index contributed by atoms with van der Waals surface area (Å²) in [5.74, 6) is 0.266. The third-order valence-corrected chi connectivity index (χ3v) is 5.62. The minimum absolute atomic E-state index is 0.0399. The molecule has 2 bridgehead atoms. The van der Waals surface area contributed by atoms with Gasteiger partial charge in [-0.3, -0.25) is 9.59 Å². The summed E-state index contributed by atoms with van der Waals surface area (Å²) in [6.45, 7) is 4.11. The van der Waals surface area contributed by atoms with Crippen molar-refractivity contribution in [1.29, 1.82) is 0 Å². The number of hydrogen-bond acceptors (Lipinski definition) is 4. The Labute approximate surface area is 146 Å². The molecule has 1 saturated heterocycles. The van der Waals surface area contributed by atoms with Crippen LogP contribution in [-0.4, -0.2) is 26.0 Å². The molecule has 1 aromatic rings. The lowest BCUT2D eigenvalue weighted by Gasteiger charge is -2.21. The van der Waals surface area contributed by atoms with Gasteiger partial charge >= 0.3 is 0 Å². The Hall–Kier alpha value is -2.56. The summed E-state index contributed by atoms with van der Waals surface area (Å²) in [4.78, 5) is 27.6. The number of methoxy groups -OCH3 is 2. The average Bonchev–Trinajstić information content (AvgIpc) is 3.24. The second kappa shape index (κ2) is 5.48. The van der Waals surface area contributed by atoms with Crippen LogP contribution in [0.15, 0.2) is 41.5 Å². The van der Waals surface area contributed by atoms with E-state index < -0.39 is 0 Å². The molecule has 0 aromatic heterocycles. The van der Waals surface area contributed by atoms with Crippen molar-refractivity contribution in [3.05, 3.63) is 41.5 Å². The van der Waals surface area contributed by atoms with Gasteiger partial charge in [-0.2, -0.15) is 0 Å². The van der Waals surface area contributed by atoms with Crippen LogP contribution in [0, 0.1) is 23.7 Å². The molecule has 130 valence electrons. The zero-order valence-electron chi connectivity index (χ0n) is 14.8. The van der Waals surface area contributed by atoms with Crippen molar-refractivity contribution < 1.29 is 19.1 Å². The van der Waals surface area contributed by atoms with E-state index in [-0.39, 0.29) is 35.5 Å². The summed E-state index contributed by atoms with van der Waals surface area (Å²) in [7, 11) is 3.09. The molecular weight excluding hydrogens is 318 g/mol. The molecule has 25 heavy (non-hydrogen) atoms. The van der Waals surface area contributed by atoms with Gasteiger partial charge in [-0.1, -0.05) is 23.3 Å². The van der Waals surface area contributed by atoms with E-state index in [1.54, 1.807) is 25.3 Å².